The molecule has 9 heteroatoms. The van der Waals surface area contributed by atoms with Gasteiger partial charge in [0.25, 0.3) is 0 Å². The number of carbonyl (C=O) groups is 1. The van der Waals surface area contributed by atoms with Gasteiger partial charge in [0.05, 0.1) is 17.2 Å². The molecule has 3 N–H and O–H groups in total. The number of anilines is 1. The number of thiazole rings is 1. The number of benzene rings is 1. The predicted octanol–water partition coefficient (Wildman–Crippen LogP) is 3.20. The van der Waals surface area contributed by atoms with Crippen molar-refractivity contribution in [1.29, 1.82) is 0 Å². The Morgan fingerprint density at radius 2 is 2.14 bits per heavy atom. The quantitative estimate of drug-likeness (QED) is 0.206. The number of halogens is 1. The molecule has 1 amide bonds. The Morgan fingerprint density at radius 1 is 1.32 bits per heavy atom. The van der Waals surface area contributed by atoms with Crippen molar-refractivity contribution in [3.63, 3.8) is 0 Å². The number of aromatic nitrogens is 1. The highest BCUT2D eigenvalue weighted by Crippen LogP contribution is 2.17. The summed E-state index contributed by atoms with van der Waals surface area (Å²) in [6.45, 7) is 8.10. The zero-order valence-electron chi connectivity index (χ0n) is 16.4. The summed E-state index contributed by atoms with van der Waals surface area (Å²) in [6, 6.07) is 7.34. The molecule has 2 aromatic rings. The first kappa shape index (κ1) is 24.2. The van der Waals surface area contributed by atoms with Gasteiger partial charge in [0.1, 0.15) is 12.4 Å². The minimum atomic E-state index is -0.104. The van der Waals surface area contributed by atoms with Crippen molar-refractivity contribution in [3.05, 3.63) is 40.3 Å². The van der Waals surface area contributed by atoms with Crippen molar-refractivity contribution in [2.24, 2.45) is 4.99 Å². The molecule has 0 unspecified atom stereocenters. The number of rotatable bonds is 9. The number of guanidine groups is 1. The summed E-state index contributed by atoms with van der Waals surface area (Å²) >= 11 is 1.66. The van der Waals surface area contributed by atoms with Crippen molar-refractivity contribution in [2.45, 2.75) is 27.2 Å². The van der Waals surface area contributed by atoms with Gasteiger partial charge in [-0.15, -0.1) is 35.3 Å². The third-order valence-corrected chi connectivity index (χ3v) is 4.29. The zero-order chi connectivity index (χ0) is 19.5. The fourth-order valence-electron chi connectivity index (χ4n) is 2.35. The SMILES string of the molecule is CCNC(=NCCc1csc(C)n1)NCCOc1cccc(NC(C)=O)c1.I. The van der Waals surface area contributed by atoms with Gasteiger partial charge in [-0.2, -0.15) is 0 Å². The third-order valence-electron chi connectivity index (χ3n) is 3.47. The molecule has 0 spiro atoms. The summed E-state index contributed by atoms with van der Waals surface area (Å²) in [5.41, 5.74) is 1.81. The van der Waals surface area contributed by atoms with Crippen LogP contribution in [0.2, 0.25) is 0 Å². The van der Waals surface area contributed by atoms with Crippen LogP contribution in [0.15, 0.2) is 34.6 Å². The summed E-state index contributed by atoms with van der Waals surface area (Å²) in [4.78, 5) is 20.1. The highest BCUT2D eigenvalue weighted by molar-refractivity contribution is 14.0. The summed E-state index contributed by atoms with van der Waals surface area (Å²) in [7, 11) is 0. The molecule has 0 fully saturated rings. The largest absolute Gasteiger partial charge is 0.492 e. The van der Waals surface area contributed by atoms with E-state index in [9.17, 15) is 4.79 Å². The number of nitrogens with zero attached hydrogens (tertiary/aromatic N) is 2. The second-order valence-electron chi connectivity index (χ2n) is 5.85. The van der Waals surface area contributed by atoms with Gasteiger partial charge in [-0.05, 0) is 26.0 Å². The third kappa shape index (κ3) is 9.36. The van der Waals surface area contributed by atoms with E-state index in [2.05, 4.69) is 31.3 Å². The van der Waals surface area contributed by atoms with E-state index in [4.69, 9.17) is 4.74 Å². The minimum Gasteiger partial charge on any atom is -0.492 e. The van der Waals surface area contributed by atoms with E-state index in [1.165, 1.54) is 6.92 Å². The summed E-state index contributed by atoms with van der Waals surface area (Å²) < 4.78 is 5.73. The van der Waals surface area contributed by atoms with Crippen LogP contribution in [0, 0.1) is 6.92 Å². The van der Waals surface area contributed by atoms with E-state index >= 15 is 0 Å². The van der Waals surface area contributed by atoms with E-state index in [1.807, 2.05) is 32.0 Å². The molecule has 7 nitrogen and oxygen atoms in total. The van der Waals surface area contributed by atoms with Gasteiger partial charge in [-0.1, -0.05) is 6.07 Å². The van der Waals surface area contributed by atoms with Crippen LogP contribution >= 0.6 is 35.3 Å². The molecule has 0 atom stereocenters. The van der Waals surface area contributed by atoms with Crippen LogP contribution in [-0.2, 0) is 11.2 Å². The first-order valence-electron chi connectivity index (χ1n) is 9.00. The number of aliphatic imine (C=N–C) groups is 1. The molecule has 0 aliphatic rings. The maximum atomic E-state index is 11.1. The van der Waals surface area contributed by atoms with Gasteiger partial charge in [0.15, 0.2) is 5.96 Å². The molecule has 0 bridgehead atoms. The smallest absolute Gasteiger partial charge is 0.221 e. The van der Waals surface area contributed by atoms with Crippen LogP contribution in [0.4, 0.5) is 5.69 Å². The Balaban J connectivity index is 0.00000392. The van der Waals surface area contributed by atoms with Crippen molar-refractivity contribution < 1.29 is 9.53 Å². The number of hydrogen-bond donors (Lipinski definition) is 3. The van der Waals surface area contributed by atoms with E-state index < -0.39 is 0 Å². The second kappa shape index (κ2) is 13.3. The Labute approximate surface area is 187 Å². The Morgan fingerprint density at radius 3 is 2.82 bits per heavy atom. The average Bonchev–Trinajstić information content (AvgIpc) is 3.03. The molecule has 0 aliphatic heterocycles. The van der Waals surface area contributed by atoms with Crippen molar-refractivity contribution in [2.75, 3.05) is 31.6 Å². The molecule has 0 saturated carbocycles. The molecule has 1 heterocycles. The van der Waals surface area contributed by atoms with Gasteiger partial charge < -0.3 is 20.7 Å². The minimum absolute atomic E-state index is 0. The first-order chi connectivity index (χ1) is 13.1. The lowest BCUT2D eigenvalue weighted by Crippen LogP contribution is -2.39. The van der Waals surface area contributed by atoms with Crippen LogP contribution in [0.3, 0.4) is 0 Å². The maximum Gasteiger partial charge on any atom is 0.221 e. The van der Waals surface area contributed by atoms with Crippen LogP contribution in [0.25, 0.3) is 0 Å². The second-order valence-corrected chi connectivity index (χ2v) is 6.92. The van der Waals surface area contributed by atoms with E-state index in [-0.39, 0.29) is 29.9 Å². The van der Waals surface area contributed by atoms with Gasteiger partial charge in [-0.25, -0.2) is 4.98 Å². The molecule has 1 aromatic carbocycles. The highest BCUT2D eigenvalue weighted by Gasteiger charge is 2.01. The standard InChI is InChI=1S/C19H27N5O2S.HI/c1-4-20-19(21-9-8-17-13-27-15(3)24-17)22-10-11-26-18-7-5-6-16(12-18)23-14(2)25;/h5-7,12-13H,4,8-11H2,1-3H3,(H,23,25)(H2,20,21,22);1H. The summed E-state index contributed by atoms with van der Waals surface area (Å²) in [5.74, 6) is 1.37. The van der Waals surface area contributed by atoms with E-state index in [0.29, 0.717) is 25.4 Å². The lowest BCUT2D eigenvalue weighted by Gasteiger charge is -2.12. The lowest BCUT2D eigenvalue weighted by atomic mass is 10.3. The number of nitrogens with one attached hydrogen (secondary N) is 3. The van der Waals surface area contributed by atoms with Crippen LogP contribution in [0.1, 0.15) is 24.5 Å². The predicted molar refractivity (Wildman–Crippen MR) is 126 cm³/mol. The van der Waals surface area contributed by atoms with Crippen molar-refractivity contribution >= 4 is 52.9 Å². The van der Waals surface area contributed by atoms with Gasteiger partial charge in [0, 0.05) is 43.6 Å². The Bertz CT molecular complexity index is 766. The topological polar surface area (TPSA) is 87.6 Å². The molecular weight excluding hydrogens is 489 g/mol. The zero-order valence-corrected chi connectivity index (χ0v) is 19.6. The molecular formula is C19H28IN5O2S. The highest BCUT2D eigenvalue weighted by atomic mass is 127. The summed E-state index contributed by atoms with van der Waals surface area (Å²) in [6.07, 6.45) is 0.827. The van der Waals surface area contributed by atoms with Gasteiger partial charge in [-0.3, -0.25) is 9.79 Å². The lowest BCUT2D eigenvalue weighted by molar-refractivity contribution is -0.114. The Kier molecular flexibility index (Phi) is 11.5. The molecule has 154 valence electrons. The normalized spacial score (nSPS) is 10.8. The average molecular weight is 517 g/mol. The van der Waals surface area contributed by atoms with Crippen LogP contribution in [-0.4, -0.2) is 43.1 Å². The van der Waals surface area contributed by atoms with Crippen molar-refractivity contribution in [3.8, 4) is 5.75 Å². The molecule has 0 saturated heterocycles. The molecule has 0 aliphatic carbocycles. The number of aryl methyl sites for hydroxylation is 1. The Hall–Kier alpha value is -1.88. The summed E-state index contributed by atoms with van der Waals surface area (Å²) in [5, 5.41) is 12.4. The first-order valence-corrected chi connectivity index (χ1v) is 9.88. The van der Waals surface area contributed by atoms with Gasteiger partial charge in [0.2, 0.25) is 5.91 Å². The monoisotopic (exact) mass is 517 g/mol. The number of hydrogen-bond acceptors (Lipinski definition) is 5. The van der Waals surface area contributed by atoms with Crippen molar-refractivity contribution in [1.82, 2.24) is 15.6 Å². The number of amides is 1. The van der Waals surface area contributed by atoms with Crippen LogP contribution in [0.5, 0.6) is 5.75 Å². The molecule has 1 aromatic heterocycles. The fraction of sp³-hybridized carbons (Fsp3) is 0.421. The van der Waals surface area contributed by atoms with Crippen LogP contribution < -0.4 is 20.7 Å². The number of carbonyl (C=O) groups excluding carboxylic acids is 1. The maximum absolute atomic E-state index is 11.1. The molecule has 0 radical (unpaired) electrons. The molecule has 28 heavy (non-hydrogen) atoms. The van der Waals surface area contributed by atoms with Gasteiger partial charge >= 0.3 is 0 Å². The number of ether oxygens (including phenoxy) is 1. The fourth-order valence-corrected chi connectivity index (χ4v) is 3.00. The molecule has 2 rings (SSSR count). The van der Waals surface area contributed by atoms with E-state index in [0.717, 1.165) is 35.3 Å². The van der Waals surface area contributed by atoms with E-state index in [1.54, 1.807) is 17.4 Å².